The average Bonchev–Trinajstić information content (AvgIpc) is 3.03. The number of fused-ring (bicyclic) bond motifs is 1. The Morgan fingerprint density at radius 1 is 1.26 bits per heavy atom. The molecule has 0 spiro atoms. The molecule has 1 heterocycles. The number of halogens is 1. The molecule has 0 aliphatic heterocycles. The van der Waals surface area contributed by atoms with Gasteiger partial charge in [0.2, 0.25) is 5.91 Å². The van der Waals surface area contributed by atoms with Crippen LogP contribution in [0.25, 0.3) is 17.0 Å². The molecule has 3 rings (SSSR count). The molecule has 1 unspecified atom stereocenters. The number of carbonyl (C=O) groups excluding carboxylic acids is 1. The SMILES string of the molecule is CC(NC(=O)/C=C/c1cn(CCC#N)c2ccccc12)c1ccc(F)cc1. The summed E-state index contributed by atoms with van der Waals surface area (Å²) in [5.74, 6) is -0.523. The minimum atomic E-state index is -0.301. The lowest BCUT2D eigenvalue weighted by Gasteiger charge is -2.12. The largest absolute Gasteiger partial charge is 0.346 e. The van der Waals surface area contributed by atoms with Crippen LogP contribution in [-0.4, -0.2) is 10.5 Å². The van der Waals surface area contributed by atoms with Crippen molar-refractivity contribution in [1.82, 2.24) is 9.88 Å². The second kappa shape index (κ2) is 8.33. The molecule has 1 atom stereocenters. The van der Waals surface area contributed by atoms with Crippen LogP contribution < -0.4 is 5.32 Å². The Morgan fingerprint density at radius 3 is 2.74 bits per heavy atom. The normalized spacial score (nSPS) is 12.2. The highest BCUT2D eigenvalue weighted by molar-refractivity contribution is 5.96. The van der Waals surface area contributed by atoms with E-state index in [0.29, 0.717) is 13.0 Å². The lowest BCUT2D eigenvalue weighted by molar-refractivity contribution is -0.117. The number of para-hydroxylation sites is 1. The monoisotopic (exact) mass is 361 g/mol. The van der Waals surface area contributed by atoms with Crippen molar-refractivity contribution < 1.29 is 9.18 Å². The molecule has 0 saturated heterocycles. The van der Waals surface area contributed by atoms with Gasteiger partial charge in [0, 0.05) is 35.3 Å². The van der Waals surface area contributed by atoms with Gasteiger partial charge in [0.25, 0.3) is 0 Å². The van der Waals surface area contributed by atoms with E-state index >= 15 is 0 Å². The topological polar surface area (TPSA) is 57.8 Å². The van der Waals surface area contributed by atoms with E-state index in [-0.39, 0.29) is 17.8 Å². The summed E-state index contributed by atoms with van der Waals surface area (Å²) in [5, 5.41) is 12.7. The summed E-state index contributed by atoms with van der Waals surface area (Å²) in [6.07, 6.45) is 5.65. The summed E-state index contributed by atoms with van der Waals surface area (Å²) in [4.78, 5) is 12.3. The molecule has 0 aliphatic carbocycles. The van der Waals surface area contributed by atoms with E-state index in [2.05, 4.69) is 11.4 Å². The van der Waals surface area contributed by atoms with Crippen molar-refractivity contribution in [2.45, 2.75) is 25.9 Å². The standard InChI is InChI=1S/C22H20FN3O/c1-16(17-7-10-19(23)11-8-17)25-22(27)12-9-18-15-26(14-4-13-24)21-6-3-2-5-20(18)21/h2-3,5-12,15-16H,4,14H2,1H3,(H,25,27)/b12-9+. The average molecular weight is 361 g/mol. The van der Waals surface area contributed by atoms with Gasteiger partial charge in [-0.05, 0) is 36.8 Å². The van der Waals surface area contributed by atoms with Gasteiger partial charge in [0.05, 0.1) is 18.5 Å². The van der Waals surface area contributed by atoms with E-state index in [4.69, 9.17) is 5.26 Å². The van der Waals surface area contributed by atoms with Crippen LogP contribution >= 0.6 is 0 Å². The van der Waals surface area contributed by atoms with Crippen LogP contribution in [0.4, 0.5) is 4.39 Å². The summed E-state index contributed by atoms with van der Waals surface area (Å²) < 4.78 is 15.0. The summed E-state index contributed by atoms with van der Waals surface area (Å²) in [6.45, 7) is 2.46. The van der Waals surface area contributed by atoms with Crippen molar-refractivity contribution in [3.05, 3.63) is 77.7 Å². The molecule has 27 heavy (non-hydrogen) atoms. The van der Waals surface area contributed by atoms with Crippen LogP contribution in [-0.2, 0) is 11.3 Å². The van der Waals surface area contributed by atoms with E-state index < -0.39 is 0 Å². The van der Waals surface area contributed by atoms with Crippen LogP contribution in [0.1, 0.15) is 30.5 Å². The molecule has 136 valence electrons. The zero-order valence-electron chi connectivity index (χ0n) is 15.0. The van der Waals surface area contributed by atoms with Gasteiger partial charge in [0.1, 0.15) is 5.82 Å². The van der Waals surface area contributed by atoms with Gasteiger partial charge < -0.3 is 9.88 Å². The molecule has 0 saturated carbocycles. The van der Waals surface area contributed by atoms with Crippen molar-refractivity contribution in [2.24, 2.45) is 0 Å². The number of carbonyl (C=O) groups is 1. The Hall–Kier alpha value is -3.39. The van der Waals surface area contributed by atoms with E-state index in [1.807, 2.05) is 42.0 Å². The van der Waals surface area contributed by atoms with E-state index in [0.717, 1.165) is 22.0 Å². The minimum absolute atomic E-state index is 0.222. The maximum Gasteiger partial charge on any atom is 0.244 e. The molecule has 1 aromatic heterocycles. The fourth-order valence-corrected chi connectivity index (χ4v) is 3.03. The number of aromatic nitrogens is 1. The van der Waals surface area contributed by atoms with Gasteiger partial charge in [-0.2, -0.15) is 5.26 Å². The predicted molar refractivity (Wildman–Crippen MR) is 104 cm³/mol. The fraction of sp³-hybridized carbons (Fsp3) is 0.182. The Balaban J connectivity index is 1.74. The zero-order chi connectivity index (χ0) is 19.2. The first-order valence-electron chi connectivity index (χ1n) is 8.77. The molecule has 0 bridgehead atoms. The molecule has 0 fully saturated rings. The molecule has 2 aromatic carbocycles. The first-order chi connectivity index (χ1) is 13.1. The highest BCUT2D eigenvalue weighted by atomic mass is 19.1. The number of nitriles is 1. The third-order valence-corrected chi connectivity index (χ3v) is 4.43. The highest BCUT2D eigenvalue weighted by Gasteiger charge is 2.09. The molecular weight excluding hydrogens is 341 g/mol. The van der Waals surface area contributed by atoms with Gasteiger partial charge >= 0.3 is 0 Å². The van der Waals surface area contributed by atoms with Crippen LogP contribution in [0, 0.1) is 17.1 Å². The smallest absolute Gasteiger partial charge is 0.244 e. The highest BCUT2D eigenvalue weighted by Crippen LogP contribution is 2.23. The summed E-state index contributed by atoms with van der Waals surface area (Å²) in [5.41, 5.74) is 2.80. The number of nitrogens with one attached hydrogen (secondary N) is 1. The van der Waals surface area contributed by atoms with E-state index in [1.165, 1.54) is 18.2 Å². The van der Waals surface area contributed by atoms with Gasteiger partial charge in [-0.3, -0.25) is 4.79 Å². The van der Waals surface area contributed by atoms with Crippen LogP contribution in [0.15, 0.2) is 60.8 Å². The molecule has 4 nitrogen and oxygen atoms in total. The molecule has 3 aromatic rings. The molecule has 1 amide bonds. The molecule has 5 heteroatoms. The Bertz CT molecular complexity index is 1010. The number of amides is 1. The number of hydrogen-bond donors (Lipinski definition) is 1. The zero-order valence-corrected chi connectivity index (χ0v) is 15.0. The van der Waals surface area contributed by atoms with Crippen molar-refractivity contribution in [3.8, 4) is 6.07 Å². The van der Waals surface area contributed by atoms with Crippen LogP contribution in [0.3, 0.4) is 0 Å². The maximum absolute atomic E-state index is 13.0. The van der Waals surface area contributed by atoms with Crippen molar-refractivity contribution in [2.75, 3.05) is 0 Å². The van der Waals surface area contributed by atoms with Gasteiger partial charge in [-0.1, -0.05) is 30.3 Å². The van der Waals surface area contributed by atoms with Crippen molar-refractivity contribution >= 4 is 22.9 Å². The lowest BCUT2D eigenvalue weighted by Crippen LogP contribution is -2.24. The lowest BCUT2D eigenvalue weighted by atomic mass is 10.1. The van der Waals surface area contributed by atoms with Crippen LogP contribution in [0.2, 0.25) is 0 Å². The van der Waals surface area contributed by atoms with Crippen molar-refractivity contribution in [3.63, 3.8) is 0 Å². The number of aryl methyl sites for hydroxylation is 1. The van der Waals surface area contributed by atoms with E-state index in [9.17, 15) is 9.18 Å². The second-order valence-electron chi connectivity index (χ2n) is 6.32. The van der Waals surface area contributed by atoms with Crippen molar-refractivity contribution in [1.29, 1.82) is 5.26 Å². The van der Waals surface area contributed by atoms with Gasteiger partial charge in [-0.25, -0.2) is 4.39 Å². The third kappa shape index (κ3) is 4.42. The summed E-state index contributed by atoms with van der Waals surface area (Å²) in [6, 6.07) is 15.9. The van der Waals surface area contributed by atoms with Gasteiger partial charge in [-0.15, -0.1) is 0 Å². The summed E-state index contributed by atoms with van der Waals surface area (Å²) >= 11 is 0. The first kappa shape index (κ1) is 18.4. The minimum Gasteiger partial charge on any atom is -0.346 e. The number of benzene rings is 2. The fourth-order valence-electron chi connectivity index (χ4n) is 3.03. The Labute approximate surface area is 157 Å². The van der Waals surface area contributed by atoms with Crippen LogP contribution in [0.5, 0.6) is 0 Å². The maximum atomic E-state index is 13.0. The second-order valence-corrected chi connectivity index (χ2v) is 6.32. The molecule has 0 radical (unpaired) electrons. The third-order valence-electron chi connectivity index (χ3n) is 4.43. The first-order valence-corrected chi connectivity index (χ1v) is 8.77. The number of nitrogens with zero attached hydrogens (tertiary/aromatic N) is 2. The number of hydrogen-bond acceptors (Lipinski definition) is 2. The molecule has 0 aliphatic rings. The molecule has 1 N–H and O–H groups in total. The quantitative estimate of drug-likeness (QED) is 0.653. The van der Waals surface area contributed by atoms with Gasteiger partial charge in [0.15, 0.2) is 0 Å². The Morgan fingerprint density at radius 2 is 2.00 bits per heavy atom. The predicted octanol–water partition coefficient (Wildman–Crippen LogP) is 4.58. The summed E-state index contributed by atoms with van der Waals surface area (Å²) in [7, 11) is 0. The Kier molecular flexibility index (Phi) is 5.68. The van der Waals surface area contributed by atoms with E-state index in [1.54, 1.807) is 18.2 Å². The number of rotatable bonds is 6. The molecular formula is C22H20FN3O.